The summed E-state index contributed by atoms with van der Waals surface area (Å²) in [6.45, 7) is 4.26. The second kappa shape index (κ2) is 4.00. The second-order valence-corrected chi connectivity index (χ2v) is 3.09. The van der Waals surface area contributed by atoms with Crippen LogP contribution in [0.2, 0.25) is 0 Å². The molecule has 2 heteroatoms. The minimum atomic E-state index is 0.472. The summed E-state index contributed by atoms with van der Waals surface area (Å²) in [5.41, 5.74) is 2.31. The van der Waals surface area contributed by atoms with Crippen molar-refractivity contribution in [2.45, 2.75) is 19.9 Å². The van der Waals surface area contributed by atoms with Gasteiger partial charge < -0.3 is 10.6 Å². The predicted molar refractivity (Wildman–Crippen MR) is 54.7 cm³/mol. The van der Waals surface area contributed by atoms with E-state index >= 15 is 0 Å². The van der Waals surface area contributed by atoms with Crippen molar-refractivity contribution in [1.82, 2.24) is 0 Å². The van der Waals surface area contributed by atoms with Crippen LogP contribution in [-0.4, -0.2) is 13.1 Å². The maximum atomic E-state index is 3.36. The molecule has 0 amide bonds. The summed E-state index contributed by atoms with van der Waals surface area (Å²) in [4.78, 5) is 0. The van der Waals surface area contributed by atoms with Crippen molar-refractivity contribution in [2.75, 3.05) is 17.7 Å². The van der Waals surface area contributed by atoms with Gasteiger partial charge in [-0.1, -0.05) is 12.1 Å². The molecular weight excluding hydrogens is 148 g/mol. The van der Waals surface area contributed by atoms with E-state index in [1.807, 2.05) is 19.2 Å². The first-order valence-corrected chi connectivity index (χ1v) is 4.27. The van der Waals surface area contributed by atoms with Gasteiger partial charge in [-0.25, -0.2) is 0 Å². The topological polar surface area (TPSA) is 24.1 Å². The highest BCUT2D eigenvalue weighted by Gasteiger charge is 1.99. The summed E-state index contributed by atoms with van der Waals surface area (Å²) in [5.74, 6) is 0. The van der Waals surface area contributed by atoms with E-state index in [0.29, 0.717) is 6.04 Å². The first kappa shape index (κ1) is 8.91. The van der Waals surface area contributed by atoms with Crippen LogP contribution in [0.4, 0.5) is 11.4 Å². The van der Waals surface area contributed by atoms with Gasteiger partial charge in [0.25, 0.3) is 0 Å². The van der Waals surface area contributed by atoms with E-state index in [1.165, 1.54) is 0 Å². The molecule has 0 bridgehead atoms. The Morgan fingerprint density at radius 2 is 1.67 bits per heavy atom. The quantitative estimate of drug-likeness (QED) is 0.717. The highest BCUT2D eigenvalue weighted by Crippen LogP contribution is 2.20. The summed E-state index contributed by atoms with van der Waals surface area (Å²) >= 11 is 0. The SMILES string of the molecule is CNc1ccccc1NC(C)C. The van der Waals surface area contributed by atoms with Crippen molar-refractivity contribution < 1.29 is 0 Å². The zero-order valence-corrected chi connectivity index (χ0v) is 7.89. The first-order chi connectivity index (χ1) is 5.74. The molecule has 0 heterocycles. The number of para-hydroxylation sites is 2. The number of hydrogen-bond donors (Lipinski definition) is 2. The minimum absolute atomic E-state index is 0.472. The first-order valence-electron chi connectivity index (χ1n) is 4.27. The van der Waals surface area contributed by atoms with E-state index in [1.54, 1.807) is 0 Å². The largest absolute Gasteiger partial charge is 0.386 e. The molecule has 0 fully saturated rings. The van der Waals surface area contributed by atoms with Crippen molar-refractivity contribution in [3.05, 3.63) is 24.3 Å². The maximum absolute atomic E-state index is 3.36. The fraction of sp³-hybridized carbons (Fsp3) is 0.400. The van der Waals surface area contributed by atoms with Crippen LogP contribution in [0.3, 0.4) is 0 Å². The molecular formula is C10H16N2. The Labute approximate surface area is 74.0 Å². The Hall–Kier alpha value is -1.18. The summed E-state index contributed by atoms with van der Waals surface area (Å²) in [7, 11) is 1.93. The van der Waals surface area contributed by atoms with Gasteiger partial charge in [0.05, 0.1) is 11.4 Å². The third-order valence-corrected chi connectivity index (χ3v) is 1.64. The third-order valence-electron chi connectivity index (χ3n) is 1.64. The molecule has 0 unspecified atom stereocenters. The molecule has 0 aliphatic rings. The van der Waals surface area contributed by atoms with Gasteiger partial charge in [0.2, 0.25) is 0 Å². The van der Waals surface area contributed by atoms with Crippen molar-refractivity contribution in [2.24, 2.45) is 0 Å². The molecule has 0 saturated heterocycles. The number of benzene rings is 1. The Morgan fingerprint density at radius 3 is 2.17 bits per heavy atom. The molecule has 1 aromatic rings. The average molecular weight is 164 g/mol. The third kappa shape index (κ3) is 2.16. The van der Waals surface area contributed by atoms with Crippen LogP contribution < -0.4 is 10.6 Å². The van der Waals surface area contributed by atoms with Crippen molar-refractivity contribution >= 4 is 11.4 Å². The lowest BCUT2D eigenvalue weighted by Crippen LogP contribution is -2.10. The monoisotopic (exact) mass is 164 g/mol. The fourth-order valence-corrected chi connectivity index (χ4v) is 1.14. The smallest absolute Gasteiger partial charge is 0.0577 e. The number of hydrogen-bond acceptors (Lipinski definition) is 2. The van der Waals surface area contributed by atoms with Crippen LogP contribution >= 0.6 is 0 Å². The summed E-state index contributed by atoms with van der Waals surface area (Å²) in [5, 5.41) is 6.50. The van der Waals surface area contributed by atoms with Gasteiger partial charge in [-0.2, -0.15) is 0 Å². The Morgan fingerprint density at radius 1 is 1.08 bits per heavy atom. The molecule has 1 aromatic carbocycles. The normalized spacial score (nSPS) is 10.0. The molecule has 0 atom stereocenters. The predicted octanol–water partition coefficient (Wildman–Crippen LogP) is 2.55. The Kier molecular flexibility index (Phi) is 2.97. The van der Waals surface area contributed by atoms with Crippen LogP contribution in [0.5, 0.6) is 0 Å². The maximum Gasteiger partial charge on any atom is 0.0577 e. The standard InChI is InChI=1S/C10H16N2/c1-8(2)12-10-7-5-4-6-9(10)11-3/h4-8,11-12H,1-3H3. The van der Waals surface area contributed by atoms with Crippen molar-refractivity contribution in [3.8, 4) is 0 Å². The Balaban J connectivity index is 2.82. The zero-order chi connectivity index (χ0) is 8.97. The van der Waals surface area contributed by atoms with Crippen LogP contribution in [-0.2, 0) is 0 Å². The van der Waals surface area contributed by atoms with Gasteiger partial charge >= 0.3 is 0 Å². The van der Waals surface area contributed by atoms with Crippen LogP contribution in [0.1, 0.15) is 13.8 Å². The molecule has 0 radical (unpaired) electrons. The summed E-state index contributed by atoms with van der Waals surface area (Å²) in [6.07, 6.45) is 0. The van der Waals surface area contributed by atoms with E-state index in [9.17, 15) is 0 Å². The molecule has 0 aliphatic heterocycles. The van der Waals surface area contributed by atoms with E-state index < -0.39 is 0 Å². The molecule has 12 heavy (non-hydrogen) atoms. The molecule has 1 rings (SSSR count). The van der Waals surface area contributed by atoms with Crippen molar-refractivity contribution in [3.63, 3.8) is 0 Å². The van der Waals surface area contributed by atoms with E-state index in [4.69, 9.17) is 0 Å². The molecule has 0 aliphatic carbocycles. The molecule has 0 saturated carbocycles. The fourth-order valence-electron chi connectivity index (χ4n) is 1.14. The molecule has 0 aromatic heterocycles. The van der Waals surface area contributed by atoms with E-state index in [0.717, 1.165) is 11.4 Å². The highest BCUT2D eigenvalue weighted by atomic mass is 15.0. The van der Waals surface area contributed by atoms with E-state index in [2.05, 4.69) is 36.6 Å². The average Bonchev–Trinajstić information content (AvgIpc) is 2.04. The molecule has 2 nitrogen and oxygen atoms in total. The molecule has 2 N–H and O–H groups in total. The Bertz CT molecular complexity index is 243. The molecule has 66 valence electrons. The van der Waals surface area contributed by atoms with Gasteiger partial charge in [0, 0.05) is 13.1 Å². The summed E-state index contributed by atoms with van der Waals surface area (Å²) < 4.78 is 0. The number of rotatable bonds is 3. The lowest BCUT2D eigenvalue weighted by atomic mass is 10.2. The second-order valence-electron chi connectivity index (χ2n) is 3.09. The minimum Gasteiger partial charge on any atom is -0.386 e. The van der Waals surface area contributed by atoms with Crippen LogP contribution in [0, 0.1) is 0 Å². The zero-order valence-electron chi connectivity index (χ0n) is 7.89. The van der Waals surface area contributed by atoms with Gasteiger partial charge in [-0.3, -0.25) is 0 Å². The van der Waals surface area contributed by atoms with Gasteiger partial charge in [0.15, 0.2) is 0 Å². The molecule has 0 spiro atoms. The number of anilines is 2. The number of nitrogens with one attached hydrogen (secondary N) is 2. The van der Waals surface area contributed by atoms with Gasteiger partial charge in [-0.15, -0.1) is 0 Å². The lowest BCUT2D eigenvalue weighted by Gasteiger charge is -2.13. The lowest BCUT2D eigenvalue weighted by molar-refractivity contribution is 0.900. The van der Waals surface area contributed by atoms with Crippen LogP contribution in [0.25, 0.3) is 0 Å². The summed E-state index contributed by atoms with van der Waals surface area (Å²) in [6, 6.07) is 8.67. The van der Waals surface area contributed by atoms with Crippen molar-refractivity contribution in [1.29, 1.82) is 0 Å². The van der Waals surface area contributed by atoms with Gasteiger partial charge in [-0.05, 0) is 26.0 Å². The van der Waals surface area contributed by atoms with Gasteiger partial charge in [0.1, 0.15) is 0 Å². The van der Waals surface area contributed by atoms with Crippen LogP contribution in [0.15, 0.2) is 24.3 Å². The highest BCUT2D eigenvalue weighted by molar-refractivity contribution is 5.68. The van der Waals surface area contributed by atoms with E-state index in [-0.39, 0.29) is 0 Å².